The van der Waals surface area contributed by atoms with Crippen LogP contribution in [0.15, 0.2) is 18.2 Å². The number of hydrogen-bond donors (Lipinski definition) is 2. The lowest BCUT2D eigenvalue weighted by atomic mass is 10.0. The normalized spacial score (nSPS) is 23.7. The van der Waals surface area contributed by atoms with Crippen LogP contribution in [0.4, 0.5) is 0 Å². The summed E-state index contributed by atoms with van der Waals surface area (Å²) in [5, 5.41) is 2.21. The molecular weight excluding hydrogens is 348 g/mol. The molecule has 0 spiro atoms. The Labute approximate surface area is 156 Å². The summed E-state index contributed by atoms with van der Waals surface area (Å²) in [6.45, 7) is 1.05. The van der Waals surface area contributed by atoms with Crippen molar-refractivity contribution in [1.29, 1.82) is 0 Å². The first kappa shape index (κ1) is 17.8. The topological polar surface area (TPSA) is 113 Å². The van der Waals surface area contributed by atoms with Gasteiger partial charge in [-0.25, -0.2) is 0 Å². The average molecular weight is 370 g/mol. The first-order valence-corrected chi connectivity index (χ1v) is 9.13. The van der Waals surface area contributed by atoms with E-state index < -0.39 is 23.8 Å². The van der Waals surface area contributed by atoms with E-state index in [1.807, 2.05) is 13.1 Å². The highest BCUT2D eigenvalue weighted by atomic mass is 16.2. The van der Waals surface area contributed by atoms with Crippen LogP contribution in [0.5, 0.6) is 0 Å². The molecule has 0 bridgehead atoms. The fraction of sp³-hybridized carbons (Fsp3) is 0.474. The summed E-state index contributed by atoms with van der Waals surface area (Å²) in [5.74, 6) is -1.92. The van der Waals surface area contributed by atoms with Gasteiger partial charge in [0.25, 0.3) is 11.8 Å². The maximum atomic E-state index is 13.1. The van der Waals surface area contributed by atoms with Crippen molar-refractivity contribution >= 4 is 23.6 Å². The Morgan fingerprint density at radius 2 is 1.96 bits per heavy atom. The maximum absolute atomic E-state index is 13.1. The number of piperidine rings is 1. The Morgan fingerprint density at radius 1 is 1.22 bits per heavy atom. The summed E-state index contributed by atoms with van der Waals surface area (Å²) in [6.07, 6.45) is 2.30. The molecule has 1 saturated carbocycles. The third kappa shape index (κ3) is 2.76. The molecule has 0 aromatic heterocycles. The molecule has 2 heterocycles. The van der Waals surface area contributed by atoms with Crippen LogP contribution in [0.3, 0.4) is 0 Å². The van der Waals surface area contributed by atoms with Crippen LogP contribution in [0.25, 0.3) is 0 Å². The van der Waals surface area contributed by atoms with Crippen molar-refractivity contribution in [1.82, 2.24) is 15.1 Å². The summed E-state index contributed by atoms with van der Waals surface area (Å²) in [4.78, 5) is 52.6. The molecule has 1 atom stereocenters. The van der Waals surface area contributed by atoms with Crippen molar-refractivity contribution in [2.75, 3.05) is 13.6 Å². The minimum atomic E-state index is -0.945. The highest BCUT2D eigenvalue weighted by molar-refractivity contribution is 6.24. The van der Waals surface area contributed by atoms with Gasteiger partial charge in [0.1, 0.15) is 6.04 Å². The largest absolute Gasteiger partial charge is 0.329 e. The van der Waals surface area contributed by atoms with E-state index in [0.29, 0.717) is 24.2 Å². The predicted octanol–water partition coefficient (Wildman–Crippen LogP) is 0.0109. The second-order valence-corrected chi connectivity index (χ2v) is 7.57. The molecular formula is C19H22N4O4. The van der Waals surface area contributed by atoms with Crippen molar-refractivity contribution in [3.05, 3.63) is 34.9 Å². The van der Waals surface area contributed by atoms with Gasteiger partial charge in [0.2, 0.25) is 11.8 Å². The molecule has 27 heavy (non-hydrogen) atoms. The summed E-state index contributed by atoms with van der Waals surface area (Å²) in [7, 11) is 1.97. The molecule has 4 amide bonds. The van der Waals surface area contributed by atoms with Crippen LogP contribution in [0, 0.1) is 0 Å². The lowest BCUT2D eigenvalue weighted by Gasteiger charge is -2.28. The number of benzene rings is 1. The molecule has 2 fully saturated rings. The fourth-order valence-corrected chi connectivity index (χ4v) is 4.03. The molecule has 1 saturated heterocycles. The number of nitrogens with zero attached hydrogens (tertiary/aromatic N) is 2. The van der Waals surface area contributed by atoms with Crippen LogP contribution >= 0.6 is 0 Å². The highest BCUT2D eigenvalue weighted by Gasteiger charge is 2.47. The van der Waals surface area contributed by atoms with Gasteiger partial charge >= 0.3 is 0 Å². The first-order chi connectivity index (χ1) is 12.9. The van der Waals surface area contributed by atoms with Gasteiger partial charge in [-0.15, -0.1) is 0 Å². The Morgan fingerprint density at radius 3 is 2.59 bits per heavy atom. The van der Waals surface area contributed by atoms with E-state index >= 15 is 0 Å². The van der Waals surface area contributed by atoms with Crippen LogP contribution < -0.4 is 11.1 Å². The lowest BCUT2D eigenvalue weighted by Crippen LogP contribution is -2.54. The number of carbonyl (C=O) groups is 4. The van der Waals surface area contributed by atoms with Gasteiger partial charge in [0.05, 0.1) is 11.1 Å². The van der Waals surface area contributed by atoms with Crippen molar-refractivity contribution in [2.45, 2.75) is 43.8 Å². The molecule has 8 nitrogen and oxygen atoms in total. The standard InChI is InChI=1S/C19H22N4O4/c1-22(19(10-20)7-8-19)9-11-3-2-4-12-15(11)18(27)23(17(12)26)13-5-6-14(24)21-16(13)25/h2-4,13H,5-10,20H2,1H3,(H,21,24,25). The van der Waals surface area contributed by atoms with E-state index in [1.165, 1.54) is 0 Å². The van der Waals surface area contributed by atoms with Crippen molar-refractivity contribution < 1.29 is 19.2 Å². The van der Waals surface area contributed by atoms with Gasteiger partial charge < -0.3 is 5.73 Å². The van der Waals surface area contributed by atoms with Crippen LogP contribution in [0.1, 0.15) is 52.0 Å². The van der Waals surface area contributed by atoms with Crippen molar-refractivity contribution in [3.63, 3.8) is 0 Å². The molecule has 0 radical (unpaired) electrons. The molecule has 8 heteroatoms. The molecule has 3 N–H and O–H groups in total. The molecule has 4 rings (SSSR count). The second kappa shape index (κ2) is 6.24. The van der Waals surface area contributed by atoms with E-state index in [1.54, 1.807) is 12.1 Å². The van der Waals surface area contributed by atoms with Gasteiger partial charge in [-0.1, -0.05) is 12.1 Å². The Balaban J connectivity index is 1.64. The molecule has 1 aromatic rings. The number of imide groups is 2. The number of hydrogen-bond acceptors (Lipinski definition) is 6. The average Bonchev–Trinajstić information content (AvgIpc) is 3.40. The minimum Gasteiger partial charge on any atom is -0.329 e. The summed E-state index contributed by atoms with van der Waals surface area (Å²) in [6, 6.07) is 4.25. The van der Waals surface area contributed by atoms with Crippen molar-refractivity contribution in [2.24, 2.45) is 5.73 Å². The van der Waals surface area contributed by atoms with Gasteiger partial charge in [-0.05, 0) is 37.9 Å². The van der Waals surface area contributed by atoms with Crippen molar-refractivity contribution in [3.8, 4) is 0 Å². The smallest absolute Gasteiger partial charge is 0.262 e. The van der Waals surface area contributed by atoms with E-state index in [-0.39, 0.29) is 24.3 Å². The van der Waals surface area contributed by atoms with Gasteiger partial charge in [0.15, 0.2) is 0 Å². The molecule has 1 unspecified atom stereocenters. The van der Waals surface area contributed by atoms with E-state index in [9.17, 15) is 19.2 Å². The summed E-state index contributed by atoms with van der Waals surface area (Å²) in [5.41, 5.74) is 7.28. The fourth-order valence-electron chi connectivity index (χ4n) is 4.03. The van der Waals surface area contributed by atoms with E-state index in [4.69, 9.17) is 5.73 Å². The summed E-state index contributed by atoms with van der Waals surface area (Å²) >= 11 is 0. The monoisotopic (exact) mass is 370 g/mol. The number of rotatable bonds is 5. The number of amides is 4. The number of nitrogens with two attached hydrogens (primary N) is 1. The predicted molar refractivity (Wildman–Crippen MR) is 95.6 cm³/mol. The quantitative estimate of drug-likeness (QED) is 0.706. The van der Waals surface area contributed by atoms with Gasteiger partial charge in [0, 0.05) is 25.0 Å². The number of likely N-dealkylation sites (N-methyl/N-ethyl adjacent to an activating group) is 1. The first-order valence-electron chi connectivity index (χ1n) is 9.13. The number of nitrogens with one attached hydrogen (secondary N) is 1. The minimum absolute atomic E-state index is 0.0301. The highest BCUT2D eigenvalue weighted by Crippen LogP contribution is 2.41. The zero-order valence-electron chi connectivity index (χ0n) is 15.2. The third-order valence-electron chi connectivity index (χ3n) is 5.98. The maximum Gasteiger partial charge on any atom is 0.262 e. The Bertz CT molecular complexity index is 861. The van der Waals surface area contributed by atoms with E-state index in [2.05, 4.69) is 10.2 Å². The second-order valence-electron chi connectivity index (χ2n) is 7.57. The summed E-state index contributed by atoms with van der Waals surface area (Å²) < 4.78 is 0. The van der Waals surface area contributed by atoms with Crippen LogP contribution in [-0.4, -0.2) is 58.6 Å². The van der Waals surface area contributed by atoms with Crippen LogP contribution in [0.2, 0.25) is 0 Å². The zero-order chi connectivity index (χ0) is 19.3. The lowest BCUT2D eigenvalue weighted by molar-refractivity contribution is -0.136. The van der Waals surface area contributed by atoms with E-state index in [0.717, 1.165) is 23.3 Å². The molecule has 142 valence electrons. The molecule has 1 aliphatic carbocycles. The molecule has 3 aliphatic rings. The number of carbonyl (C=O) groups excluding carboxylic acids is 4. The molecule has 2 aliphatic heterocycles. The molecule has 1 aromatic carbocycles. The Kier molecular flexibility index (Phi) is 4.12. The van der Waals surface area contributed by atoms with Gasteiger partial charge in [-0.2, -0.15) is 0 Å². The zero-order valence-corrected chi connectivity index (χ0v) is 15.2. The SMILES string of the molecule is CN(Cc1cccc2c1C(=O)N(C1CCC(=O)NC1=O)C2=O)C1(CN)CC1. The Hall–Kier alpha value is -2.58. The number of fused-ring (bicyclic) bond motifs is 1. The van der Waals surface area contributed by atoms with Crippen LogP contribution in [-0.2, 0) is 16.1 Å². The van der Waals surface area contributed by atoms with Gasteiger partial charge in [-0.3, -0.25) is 34.3 Å². The third-order valence-corrected chi connectivity index (χ3v) is 5.98.